The van der Waals surface area contributed by atoms with E-state index in [0.29, 0.717) is 18.1 Å². The predicted octanol–water partition coefficient (Wildman–Crippen LogP) is 5.40. The van der Waals surface area contributed by atoms with Crippen molar-refractivity contribution >= 4 is 33.9 Å². The van der Waals surface area contributed by atoms with Crippen LogP contribution in [-0.4, -0.2) is 32.3 Å². The van der Waals surface area contributed by atoms with E-state index in [0.717, 1.165) is 29.2 Å². The van der Waals surface area contributed by atoms with Crippen LogP contribution in [0.1, 0.15) is 15.2 Å². The molecule has 2 heterocycles. The number of nitrogens with zero attached hydrogens (tertiary/aromatic N) is 1. The third-order valence-corrected chi connectivity index (χ3v) is 6.24. The van der Waals surface area contributed by atoms with Gasteiger partial charge in [0.1, 0.15) is 17.3 Å². The Labute approximate surface area is 177 Å². The quantitative estimate of drug-likeness (QED) is 0.507. The van der Waals surface area contributed by atoms with E-state index in [-0.39, 0.29) is 17.2 Å². The molecule has 0 bridgehead atoms. The number of halogens is 2. The molecule has 0 aliphatic carbocycles. The largest absolute Gasteiger partial charge is 0.456 e. The molecule has 0 amide bonds. The van der Waals surface area contributed by atoms with Gasteiger partial charge >= 0.3 is 5.97 Å². The van der Waals surface area contributed by atoms with Crippen LogP contribution in [0.15, 0.2) is 54.6 Å². The zero-order valence-corrected chi connectivity index (χ0v) is 17.1. The molecular weight excluding hydrogens is 413 g/mol. The molecule has 1 aliphatic rings. The minimum Gasteiger partial charge on any atom is -0.456 e. The Morgan fingerprint density at radius 1 is 1.14 bits per heavy atom. The number of morpholine rings is 1. The van der Waals surface area contributed by atoms with Crippen LogP contribution in [0.25, 0.3) is 11.1 Å². The van der Waals surface area contributed by atoms with Crippen LogP contribution in [0.5, 0.6) is 0 Å². The van der Waals surface area contributed by atoms with Gasteiger partial charge in [0.2, 0.25) is 0 Å². The van der Waals surface area contributed by atoms with Crippen LogP contribution in [0, 0.1) is 5.82 Å². The van der Waals surface area contributed by atoms with Gasteiger partial charge in [-0.1, -0.05) is 48.0 Å². The maximum atomic E-state index is 13.9. The summed E-state index contributed by atoms with van der Waals surface area (Å²) in [5.41, 5.74) is 2.19. The second-order valence-electron chi connectivity index (χ2n) is 6.57. The average molecular weight is 432 g/mol. The maximum Gasteiger partial charge on any atom is 0.348 e. The monoisotopic (exact) mass is 431 g/mol. The summed E-state index contributed by atoms with van der Waals surface area (Å²) in [4.78, 5) is 15.4. The van der Waals surface area contributed by atoms with Crippen molar-refractivity contribution in [2.75, 3.05) is 31.2 Å². The van der Waals surface area contributed by atoms with Crippen LogP contribution < -0.4 is 4.90 Å². The van der Waals surface area contributed by atoms with Gasteiger partial charge in [-0.05, 0) is 23.8 Å². The van der Waals surface area contributed by atoms with Crippen LogP contribution in [0.2, 0.25) is 5.02 Å². The van der Waals surface area contributed by atoms with Gasteiger partial charge in [0, 0.05) is 24.2 Å². The van der Waals surface area contributed by atoms with Gasteiger partial charge < -0.3 is 14.4 Å². The lowest BCUT2D eigenvalue weighted by Crippen LogP contribution is -2.35. The molecular formula is C22H19ClFNO3S. The topological polar surface area (TPSA) is 38.8 Å². The van der Waals surface area contributed by atoms with Crippen LogP contribution in [0.4, 0.5) is 9.39 Å². The van der Waals surface area contributed by atoms with E-state index in [1.165, 1.54) is 23.5 Å². The van der Waals surface area contributed by atoms with Crippen molar-refractivity contribution in [3.63, 3.8) is 0 Å². The number of benzene rings is 2. The highest BCUT2D eigenvalue weighted by atomic mass is 35.5. The Kier molecular flexibility index (Phi) is 6.13. The number of carbonyl (C=O) groups is 1. The molecule has 0 radical (unpaired) electrons. The smallest absolute Gasteiger partial charge is 0.348 e. The minimum atomic E-state index is -0.494. The lowest BCUT2D eigenvalue weighted by atomic mass is 10.1. The number of thiophene rings is 1. The van der Waals surface area contributed by atoms with Crippen molar-refractivity contribution in [3.8, 4) is 11.1 Å². The third kappa shape index (κ3) is 4.45. The molecule has 4 rings (SSSR count). The van der Waals surface area contributed by atoms with Gasteiger partial charge in [0.05, 0.1) is 23.2 Å². The molecule has 1 aromatic heterocycles. The molecule has 0 saturated carbocycles. The van der Waals surface area contributed by atoms with E-state index in [9.17, 15) is 9.18 Å². The fourth-order valence-electron chi connectivity index (χ4n) is 3.19. The van der Waals surface area contributed by atoms with Crippen LogP contribution >= 0.6 is 22.9 Å². The van der Waals surface area contributed by atoms with E-state index in [1.54, 1.807) is 6.07 Å². The summed E-state index contributed by atoms with van der Waals surface area (Å²) in [6.45, 7) is 2.62. The van der Waals surface area contributed by atoms with Crippen molar-refractivity contribution in [2.45, 2.75) is 6.61 Å². The molecule has 7 heteroatoms. The number of ether oxygens (including phenoxy) is 2. The van der Waals surface area contributed by atoms with Crippen molar-refractivity contribution < 1.29 is 18.7 Å². The number of hydrogen-bond donors (Lipinski definition) is 0. The van der Waals surface area contributed by atoms with E-state index >= 15 is 0 Å². The Hall–Kier alpha value is -2.41. The normalized spacial score (nSPS) is 14.1. The highest BCUT2D eigenvalue weighted by Gasteiger charge is 2.23. The Balaban J connectivity index is 1.60. The molecule has 1 fully saturated rings. The number of carbonyl (C=O) groups excluding carboxylic acids is 1. The molecule has 0 spiro atoms. The molecule has 29 heavy (non-hydrogen) atoms. The van der Waals surface area contributed by atoms with Gasteiger partial charge in [-0.25, -0.2) is 9.18 Å². The Morgan fingerprint density at radius 2 is 1.90 bits per heavy atom. The van der Waals surface area contributed by atoms with Crippen molar-refractivity contribution in [2.24, 2.45) is 0 Å². The summed E-state index contributed by atoms with van der Waals surface area (Å²) in [7, 11) is 0. The summed E-state index contributed by atoms with van der Waals surface area (Å²) < 4.78 is 24.8. The summed E-state index contributed by atoms with van der Waals surface area (Å²) in [5.74, 6) is -0.985. The average Bonchev–Trinajstić information content (AvgIpc) is 3.20. The van der Waals surface area contributed by atoms with E-state index in [2.05, 4.69) is 4.90 Å². The van der Waals surface area contributed by atoms with Crippen molar-refractivity contribution in [1.29, 1.82) is 0 Å². The maximum absolute atomic E-state index is 13.9. The molecule has 1 aliphatic heterocycles. The second-order valence-corrected chi connectivity index (χ2v) is 8.01. The van der Waals surface area contributed by atoms with E-state index in [4.69, 9.17) is 21.1 Å². The fourth-order valence-corrected chi connectivity index (χ4v) is 4.53. The molecule has 2 aromatic carbocycles. The summed E-state index contributed by atoms with van der Waals surface area (Å²) in [5, 5.41) is 1.25. The Bertz CT molecular complexity index is 982. The number of rotatable bonds is 5. The molecule has 150 valence electrons. The van der Waals surface area contributed by atoms with Gasteiger partial charge in [0.15, 0.2) is 0 Å². The number of anilines is 1. The summed E-state index contributed by atoms with van der Waals surface area (Å²) in [6.07, 6.45) is 0. The van der Waals surface area contributed by atoms with E-state index in [1.807, 2.05) is 36.4 Å². The lowest BCUT2D eigenvalue weighted by Gasteiger charge is -2.28. The molecule has 0 unspecified atom stereocenters. The van der Waals surface area contributed by atoms with Gasteiger partial charge in [-0.2, -0.15) is 0 Å². The zero-order valence-electron chi connectivity index (χ0n) is 15.6. The molecule has 4 nitrogen and oxygen atoms in total. The highest BCUT2D eigenvalue weighted by Crippen LogP contribution is 2.39. The van der Waals surface area contributed by atoms with Crippen LogP contribution in [0.3, 0.4) is 0 Å². The second kappa shape index (κ2) is 8.95. The molecule has 1 saturated heterocycles. The first-order valence-corrected chi connectivity index (χ1v) is 10.4. The summed E-state index contributed by atoms with van der Waals surface area (Å²) >= 11 is 7.40. The van der Waals surface area contributed by atoms with Crippen molar-refractivity contribution in [1.82, 2.24) is 0 Å². The van der Waals surface area contributed by atoms with Gasteiger partial charge in [0.25, 0.3) is 0 Å². The predicted molar refractivity (Wildman–Crippen MR) is 113 cm³/mol. The third-order valence-electron chi connectivity index (χ3n) is 4.71. The summed E-state index contributed by atoms with van der Waals surface area (Å²) in [6, 6.07) is 16.1. The first-order valence-electron chi connectivity index (χ1n) is 9.25. The first-order chi connectivity index (χ1) is 14.1. The molecule has 0 N–H and O–H groups in total. The van der Waals surface area contributed by atoms with Gasteiger partial charge in [-0.15, -0.1) is 11.3 Å². The number of esters is 1. The van der Waals surface area contributed by atoms with Crippen LogP contribution in [-0.2, 0) is 16.1 Å². The lowest BCUT2D eigenvalue weighted by molar-refractivity contribution is 0.0475. The SMILES string of the molecule is O=C(OCc1c(F)cccc1Cl)c1cc(-c2ccccc2)c(N2CCOCC2)s1. The fraction of sp³-hybridized carbons (Fsp3) is 0.227. The van der Waals surface area contributed by atoms with Crippen molar-refractivity contribution in [3.05, 3.63) is 75.9 Å². The highest BCUT2D eigenvalue weighted by molar-refractivity contribution is 7.18. The Morgan fingerprint density at radius 3 is 2.62 bits per heavy atom. The molecule has 3 aromatic rings. The minimum absolute atomic E-state index is 0.177. The standard InChI is InChI=1S/C22H19ClFNO3S/c23-18-7-4-8-19(24)17(18)14-28-22(26)20-13-16(15-5-2-1-3-6-15)21(29-20)25-9-11-27-12-10-25/h1-8,13H,9-12,14H2. The van der Waals surface area contributed by atoms with Gasteiger partial charge in [-0.3, -0.25) is 0 Å². The zero-order chi connectivity index (χ0) is 20.2. The first kappa shape index (κ1) is 19.9. The molecule has 0 atom stereocenters. The van der Waals surface area contributed by atoms with E-state index < -0.39 is 11.8 Å². The number of hydrogen-bond acceptors (Lipinski definition) is 5.